The molecule has 0 aromatic carbocycles. The van der Waals surface area contributed by atoms with Crippen molar-refractivity contribution in [2.24, 2.45) is 0 Å². The Morgan fingerprint density at radius 2 is 2.38 bits per heavy atom. The number of hydrogen-bond donors (Lipinski definition) is 0. The van der Waals surface area contributed by atoms with Gasteiger partial charge in [0.15, 0.2) is 6.79 Å². The predicted molar refractivity (Wildman–Crippen MR) is 49.0 cm³/mol. The highest BCUT2D eigenvalue weighted by Crippen LogP contribution is 2.21. The zero-order valence-corrected chi connectivity index (χ0v) is 7.84. The quantitative estimate of drug-likeness (QED) is 0.491. The highest BCUT2D eigenvalue weighted by atomic mass is 16.7. The van der Waals surface area contributed by atoms with E-state index in [-0.39, 0.29) is 12.6 Å². The molecule has 0 fully saturated rings. The summed E-state index contributed by atoms with van der Waals surface area (Å²) in [4.78, 5) is 10.9. The SMILES string of the molecule is C=C(OCOC)C1=CCC(=O)CC1. The predicted octanol–water partition coefficient (Wildman–Crippen LogP) is 1.80. The van der Waals surface area contributed by atoms with Gasteiger partial charge in [-0.2, -0.15) is 0 Å². The smallest absolute Gasteiger partial charge is 0.188 e. The average molecular weight is 182 g/mol. The molecule has 0 atom stereocenters. The van der Waals surface area contributed by atoms with Crippen molar-refractivity contribution >= 4 is 5.78 Å². The first-order valence-corrected chi connectivity index (χ1v) is 4.25. The highest BCUT2D eigenvalue weighted by molar-refractivity contribution is 5.81. The molecule has 0 spiro atoms. The first kappa shape index (κ1) is 9.99. The van der Waals surface area contributed by atoms with Crippen LogP contribution in [0.15, 0.2) is 24.0 Å². The van der Waals surface area contributed by atoms with Crippen molar-refractivity contribution in [3.63, 3.8) is 0 Å². The molecule has 0 unspecified atom stereocenters. The molecule has 0 N–H and O–H groups in total. The van der Waals surface area contributed by atoms with Crippen LogP contribution in [0.1, 0.15) is 19.3 Å². The molecular weight excluding hydrogens is 168 g/mol. The van der Waals surface area contributed by atoms with Crippen LogP contribution < -0.4 is 0 Å². The van der Waals surface area contributed by atoms with Crippen LogP contribution in [-0.4, -0.2) is 19.7 Å². The minimum atomic E-state index is 0.212. The molecule has 0 amide bonds. The number of methoxy groups -OCH3 is 1. The van der Waals surface area contributed by atoms with Crippen molar-refractivity contribution in [2.75, 3.05) is 13.9 Å². The minimum absolute atomic E-state index is 0.212. The molecule has 72 valence electrons. The largest absolute Gasteiger partial charge is 0.468 e. The van der Waals surface area contributed by atoms with Gasteiger partial charge in [0.25, 0.3) is 0 Å². The molecule has 0 bridgehead atoms. The summed E-state index contributed by atoms with van der Waals surface area (Å²) in [5.41, 5.74) is 1.02. The number of carbonyl (C=O) groups is 1. The number of carbonyl (C=O) groups excluding carboxylic acids is 1. The van der Waals surface area contributed by atoms with Crippen LogP contribution in [0.5, 0.6) is 0 Å². The summed E-state index contributed by atoms with van der Waals surface area (Å²) >= 11 is 0. The highest BCUT2D eigenvalue weighted by Gasteiger charge is 2.12. The van der Waals surface area contributed by atoms with E-state index in [2.05, 4.69) is 6.58 Å². The van der Waals surface area contributed by atoms with Gasteiger partial charge < -0.3 is 9.47 Å². The second-order valence-corrected chi connectivity index (χ2v) is 2.95. The summed E-state index contributed by atoms with van der Waals surface area (Å²) in [6.07, 6.45) is 3.72. The Hall–Kier alpha value is -1.09. The monoisotopic (exact) mass is 182 g/mol. The Balaban J connectivity index is 2.43. The van der Waals surface area contributed by atoms with E-state index in [0.717, 1.165) is 12.0 Å². The molecule has 0 aromatic heterocycles. The van der Waals surface area contributed by atoms with Crippen LogP contribution in [0.2, 0.25) is 0 Å². The topological polar surface area (TPSA) is 35.5 Å². The minimum Gasteiger partial charge on any atom is -0.468 e. The van der Waals surface area contributed by atoms with E-state index in [0.29, 0.717) is 18.6 Å². The van der Waals surface area contributed by atoms with E-state index in [9.17, 15) is 4.79 Å². The van der Waals surface area contributed by atoms with Crippen molar-refractivity contribution in [1.29, 1.82) is 0 Å². The van der Waals surface area contributed by atoms with Gasteiger partial charge in [0.2, 0.25) is 0 Å². The van der Waals surface area contributed by atoms with Gasteiger partial charge in [0.1, 0.15) is 11.5 Å². The summed E-state index contributed by atoms with van der Waals surface area (Å²) in [7, 11) is 1.56. The van der Waals surface area contributed by atoms with Crippen LogP contribution >= 0.6 is 0 Å². The fourth-order valence-electron chi connectivity index (χ4n) is 1.19. The Labute approximate surface area is 78.0 Å². The van der Waals surface area contributed by atoms with Gasteiger partial charge in [0.05, 0.1) is 0 Å². The third kappa shape index (κ3) is 3.03. The number of ketones is 1. The first-order chi connectivity index (χ1) is 6.24. The summed E-state index contributed by atoms with van der Waals surface area (Å²) in [6, 6.07) is 0. The molecule has 0 aromatic rings. The zero-order chi connectivity index (χ0) is 9.68. The lowest BCUT2D eigenvalue weighted by Gasteiger charge is -2.14. The van der Waals surface area contributed by atoms with Crippen LogP contribution in [0.25, 0.3) is 0 Å². The molecule has 0 radical (unpaired) electrons. The third-order valence-corrected chi connectivity index (χ3v) is 1.96. The number of rotatable bonds is 4. The maximum absolute atomic E-state index is 10.9. The molecule has 3 nitrogen and oxygen atoms in total. The summed E-state index contributed by atoms with van der Waals surface area (Å²) in [6.45, 7) is 3.97. The lowest BCUT2D eigenvalue weighted by atomic mass is 9.98. The normalized spacial score (nSPS) is 16.7. The second kappa shape index (κ2) is 4.82. The molecule has 0 saturated carbocycles. The summed E-state index contributed by atoms with van der Waals surface area (Å²) < 4.78 is 9.92. The number of Topliss-reactive ketones (excluding diaryl/α,β-unsaturated/α-hetero) is 1. The van der Waals surface area contributed by atoms with Gasteiger partial charge in [-0.1, -0.05) is 12.7 Å². The van der Waals surface area contributed by atoms with Gasteiger partial charge in [-0.05, 0) is 12.0 Å². The van der Waals surface area contributed by atoms with Gasteiger partial charge in [-0.15, -0.1) is 0 Å². The van der Waals surface area contributed by atoms with E-state index in [1.165, 1.54) is 0 Å². The average Bonchev–Trinajstić information content (AvgIpc) is 2.15. The molecule has 3 heteroatoms. The van der Waals surface area contributed by atoms with Crippen molar-refractivity contribution in [3.05, 3.63) is 24.0 Å². The van der Waals surface area contributed by atoms with E-state index >= 15 is 0 Å². The maximum atomic E-state index is 10.9. The van der Waals surface area contributed by atoms with Crippen LogP contribution in [0.4, 0.5) is 0 Å². The van der Waals surface area contributed by atoms with Gasteiger partial charge in [0, 0.05) is 20.0 Å². The van der Waals surface area contributed by atoms with Crippen molar-refractivity contribution in [1.82, 2.24) is 0 Å². The van der Waals surface area contributed by atoms with Crippen LogP contribution in [0, 0.1) is 0 Å². The molecular formula is C10H14O3. The third-order valence-electron chi connectivity index (χ3n) is 1.96. The molecule has 1 aliphatic rings. The van der Waals surface area contributed by atoms with Gasteiger partial charge in [-0.3, -0.25) is 4.79 Å². The Morgan fingerprint density at radius 3 is 2.92 bits per heavy atom. The molecule has 1 aliphatic carbocycles. The summed E-state index contributed by atoms with van der Waals surface area (Å²) in [5.74, 6) is 0.901. The Bertz CT molecular complexity index is 241. The first-order valence-electron chi connectivity index (χ1n) is 4.25. The molecule has 13 heavy (non-hydrogen) atoms. The molecule has 0 saturated heterocycles. The fraction of sp³-hybridized carbons (Fsp3) is 0.500. The van der Waals surface area contributed by atoms with E-state index in [1.807, 2.05) is 6.08 Å². The van der Waals surface area contributed by atoms with E-state index < -0.39 is 0 Å². The number of ether oxygens (including phenoxy) is 2. The lowest BCUT2D eigenvalue weighted by Crippen LogP contribution is -2.07. The van der Waals surface area contributed by atoms with Gasteiger partial charge >= 0.3 is 0 Å². The lowest BCUT2D eigenvalue weighted by molar-refractivity contribution is -0.118. The zero-order valence-electron chi connectivity index (χ0n) is 7.84. The van der Waals surface area contributed by atoms with E-state index in [4.69, 9.17) is 9.47 Å². The molecule has 0 heterocycles. The number of allylic oxidation sites excluding steroid dienone is 2. The Kier molecular flexibility index (Phi) is 3.71. The fourth-order valence-corrected chi connectivity index (χ4v) is 1.19. The van der Waals surface area contributed by atoms with Crippen molar-refractivity contribution < 1.29 is 14.3 Å². The Morgan fingerprint density at radius 1 is 1.62 bits per heavy atom. The van der Waals surface area contributed by atoms with E-state index in [1.54, 1.807) is 7.11 Å². The maximum Gasteiger partial charge on any atom is 0.188 e. The van der Waals surface area contributed by atoms with Crippen molar-refractivity contribution in [3.8, 4) is 0 Å². The summed E-state index contributed by atoms with van der Waals surface area (Å²) in [5, 5.41) is 0. The van der Waals surface area contributed by atoms with Crippen molar-refractivity contribution in [2.45, 2.75) is 19.3 Å². The second-order valence-electron chi connectivity index (χ2n) is 2.95. The molecule has 1 rings (SSSR count). The number of hydrogen-bond acceptors (Lipinski definition) is 3. The van der Waals surface area contributed by atoms with Crippen LogP contribution in [0.3, 0.4) is 0 Å². The standard InChI is InChI=1S/C10H14O3/c1-8(13-7-12-2)9-3-5-10(11)6-4-9/h3H,1,4-7H2,2H3. The van der Waals surface area contributed by atoms with Gasteiger partial charge in [-0.25, -0.2) is 0 Å². The van der Waals surface area contributed by atoms with Crippen LogP contribution in [-0.2, 0) is 14.3 Å². The molecule has 0 aliphatic heterocycles.